The van der Waals surface area contributed by atoms with Crippen LogP contribution in [0.1, 0.15) is 283 Å². The minimum Gasteiger partial charge on any atom is -0.423 e. The van der Waals surface area contributed by atoms with Crippen LogP contribution in [0.5, 0.6) is 11.5 Å². The van der Waals surface area contributed by atoms with Crippen LogP contribution in [0.4, 0.5) is 0 Å². The van der Waals surface area contributed by atoms with Crippen LogP contribution in [0.25, 0.3) is 0 Å². The van der Waals surface area contributed by atoms with Gasteiger partial charge in [0.25, 0.3) is 20.2 Å². The Balaban J connectivity index is 1.14. The molecule has 4 aromatic carbocycles. The number of esters is 1. The molecule has 4 aliphatic carbocycles. The molecule has 2 N–H and O–H groups in total. The molecule has 4 aliphatic rings. The van der Waals surface area contributed by atoms with Crippen molar-refractivity contribution in [1.29, 1.82) is 0 Å². The number of hydrogen-bond donors (Lipinski definition) is 2. The predicted molar refractivity (Wildman–Crippen MR) is 314 cm³/mol. The third-order valence-corrected chi connectivity index (χ3v) is 21.3. The van der Waals surface area contributed by atoms with Gasteiger partial charge in [-0.05, 0) is 202 Å². The zero-order chi connectivity index (χ0) is 57.7. The molecular weight excluding hydrogens is 1050 g/mol. The van der Waals surface area contributed by atoms with E-state index in [0.717, 1.165) is 131 Å². The molecule has 0 radical (unpaired) electrons. The van der Waals surface area contributed by atoms with Crippen molar-refractivity contribution < 1.29 is 48.1 Å². The van der Waals surface area contributed by atoms with Crippen molar-refractivity contribution in [2.45, 2.75) is 265 Å². The highest BCUT2D eigenvalue weighted by atomic mass is 32.2. The zero-order valence-electron chi connectivity index (χ0n) is 49.1. The Kier molecular flexibility index (Phi) is 18.0. The molecule has 434 valence electrons. The molecule has 8 rings (SSSR count). The van der Waals surface area contributed by atoms with Gasteiger partial charge in [-0.1, -0.05) is 159 Å². The first-order valence-electron chi connectivity index (χ1n) is 29.5. The molecule has 0 aromatic heterocycles. The lowest BCUT2D eigenvalue weighted by atomic mass is 9.69. The molecule has 2 unspecified atom stereocenters. The van der Waals surface area contributed by atoms with Gasteiger partial charge in [-0.15, -0.1) is 0 Å². The normalized spacial score (nSPS) is 20.3. The van der Waals surface area contributed by atoms with E-state index in [1.54, 1.807) is 36.4 Å². The highest BCUT2D eigenvalue weighted by Gasteiger charge is 2.38. The second kappa shape index (κ2) is 23.3. The predicted octanol–water partition coefficient (Wildman–Crippen LogP) is 16.8. The van der Waals surface area contributed by atoms with Gasteiger partial charge in [0, 0.05) is 0 Å². The van der Waals surface area contributed by atoms with E-state index in [-0.39, 0.29) is 66.6 Å². The number of carbonyl (C=O) groups is 1. The first-order valence-corrected chi connectivity index (χ1v) is 33.8. The first kappa shape index (κ1) is 61.0. The van der Waals surface area contributed by atoms with Gasteiger partial charge in [0.2, 0.25) is 0 Å². The molecular formula is C65H90O11S3. The summed E-state index contributed by atoms with van der Waals surface area (Å²) in [6, 6.07) is 17.8. The minimum absolute atomic E-state index is 0.0130. The molecule has 0 spiro atoms. The quantitative estimate of drug-likeness (QED) is 0.0531. The lowest BCUT2D eigenvalue weighted by Crippen LogP contribution is -2.27. The molecule has 2 atom stereocenters. The highest BCUT2D eigenvalue weighted by molar-refractivity contribution is 7.87. The third-order valence-electron chi connectivity index (χ3n) is 18.1. The smallest absolute Gasteiger partial charge is 0.343 e. The Bertz CT molecular complexity index is 3150. The number of rotatable bonds is 14. The lowest BCUT2D eigenvalue weighted by molar-refractivity contribution is 0.0733. The molecule has 0 saturated heterocycles. The highest BCUT2D eigenvalue weighted by Crippen LogP contribution is 2.50. The van der Waals surface area contributed by atoms with E-state index >= 15 is 0 Å². The van der Waals surface area contributed by atoms with E-state index in [9.17, 15) is 39.2 Å². The van der Waals surface area contributed by atoms with Crippen LogP contribution < -0.4 is 8.92 Å². The summed E-state index contributed by atoms with van der Waals surface area (Å²) in [5.74, 6) is -0.936. The van der Waals surface area contributed by atoms with Crippen molar-refractivity contribution in [2.75, 3.05) is 0 Å². The summed E-state index contributed by atoms with van der Waals surface area (Å²) in [6.45, 7) is 23.0. The molecule has 4 fully saturated rings. The number of benzene rings is 4. The van der Waals surface area contributed by atoms with Gasteiger partial charge in [-0.2, -0.15) is 25.3 Å². The molecule has 0 aliphatic heterocycles. The Morgan fingerprint density at radius 2 is 0.823 bits per heavy atom. The van der Waals surface area contributed by atoms with Crippen LogP contribution in [0.3, 0.4) is 0 Å². The van der Waals surface area contributed by atoms with Crippen LogP contribution in [-0.4, -0.2) is 40.3 Å². The zero-order valence-corrected chi connectivity index (χ0v) is 51.5. The van der Waals surface area contributed by atoms with Gasteiger partial charge >= 0.3 is 16.1 Å². The van der Waals surface area contributed by atoms with E-state index in [4.69, 9.17) is 8.92 Å². The van der Waals surface area contributed by atoms with Gasteiger partial charge in [0.05, 0.1) is 5.56 Å². The van der Waals surface area contributed by atoms with Gasteiger partial charge < -0.3 is 8.92 Å². The standard InChI is InChI=1S/C65H90O11S3/c1-62(2,3)48-31-47(32-49(33-48)63(4,5)6)61(66)75-52-37-55(43-23-15-12-16-24-43)60(78(70,71)72)58(38-52)46-29-21-22-42(30-46)41-65(10,11)51-34-50(64(7,8)9)35-54(36-51)79(73,74)76-53-39-56(44-25-17-13-18-26-44)59(77(67,68)69)57(40-53)45-27-19-14-20-28-45/h31-40,42-46H,12-30,41H2,1-11H3,(H,67,68,69)(H,70,71,72). The Labute approximate surface area is 474 Å². The van der Waals surface area contributed by atoms with Gasteiger partial charge in [0.1, 0.15) is 26.2 Å². The maximum Gasteiger partial charge on any atom is 0.343 e. The van der Waals surface area contributed by atoms with Gasteiger partial charge in [0.15, 0.2) is 0 Å². The van der Waals surface area contributed by atoms with Crippen LogP contribution in [0.15, 0.2) is 75.4 Å². The second-order valence-electron chi connectivity index (χ2n) is 27.9. The van der Waals surface area contributed by atoms with Crippen molar-refractivity contribution in [3.8, 4) is 11.5 Å². The summed E-state index contributed by atoms with van der Waals surface area (Å²) in [5.41, 5.74) is 4.31. The second-order valence-corrected chi connectivity index (χ2v) is 32.1. The average Bonchev–Trinajstić information content (AvgIpc) is 3.41. The fourth-order valence-corrected chi connectivity index (χ4v) is 16.6. The summed E-state index contributed by atoms with van der Waals surface area (Å²) in [4.78, 5) is 14.2. The summed E-state index contributed by atoms with van der Waals surface area (Å²) in [5, 5.41) is 0. The number of ether oxygens (including phenoxy) is 1. The Hall–Kier alpha value is -4.08. The molecule has 0 heterocycles. The van der Waals surface area contributed by atoms with E-state index in [1.807, 2.05) is 32.9 Å². The molecule has 0 bridgehead atoms. The topological polar surface area (TPSA) is 178 Å². The summed E-state index contributed by atoms with van der Waals surface area (Å²) < 4.78 is 118. The largest absolute Gasteiger partial charge is 0.423 e. The SMILES string of the molecule is CC(C)(C)c1cc(C(=O)Oc2cc(C3CCCCC3)c(S(=O)(=O)O)c(C3CCCC(CC(C)(C)c4cc(C(C)(C)C)cc(S(=O)(=O)Oc5cc(C6CCCCC6)c(S(=O)(=O)O)c(C6CCCCC6)c5)c4)C3)c2)cc(C(C)(C)C)c1. The van der Waals surface area contributed by atoms with E-state index in [2.05, 4.69) is 67.5 Å². The van der Waals surface area contributed by atoms with Crippen molar-refractivity contribution in [1.82, 2.24) is 0 Å². The van der Waals surface area contributed by atoms with Gasteiger partial charge in [-0.3, -0.25) is 9.11 Å². The fraction of sp³-hybridized carbons (Fsp3) is 0.615. The van der Waals surface area contributed by atoms with Crippen molar-refractivity contribution in [3.63, 3.8) is 0 Å². The molecule has 4 saturated carbocycles. The van der Waals surface area contributed by atoms with Crippen molar-refractivity contribution >= 4 is 36.3 Å². The van der Waals surface area contributed by atoms with Crippen LogP contribution in [0.2, 0.25) is 0 Å². The minimum atomic E-state index is -4.73. The maximum absolute atomic E-state index is 14.9. The van der Waals surface area contributed by atoms with E-state index in [0.29, 0.717) is 47.1 Å². The number of carbonyl (C=O) groups excluding carboxylic acids is 1. The summed E-state index contributed by atoms with van der Waals surface area (Å²) in [6.07, 6.45) is 16.5. The summed E-state index contributed by atoms with van der Waals surface area (Å²) in [7, 11) is -13.9. The molecule has 4 aromatic rings. The fourth-order valence-electron chi connectivity index (χ4n) is 13.6. The third kappa shape index (κ3) is 14.6. The molecule has 79 heavy (non-hydrogen) atoms. The lowest BCUT2D eigenvalue weighted by Gasteiger charge is -2.37. The van der Waals surface area contributed by atoms with E-state index in [1.165, 1.54) is 0 Å². The van der Waals surface area contributed by atoms with Crippen LogP contribution >= 0.6 is 0 Å². The van der Waals surface area contributed by atoms with Crippen molar-refractivity contribution in [3.05, 3.63) is 111 Å². The monoisotopic (exact) mass is 1140 g/mol. The molecule has 14 heteroatoms. The van der Waals surface area contributed by atoms with E-state index < -0.39 is 47.2 Å². The van der Waals surface area contributed by atoms with Crippen LogP contribution in [-0.2, 0) is 52.0 Å². The Morgan fingerprint density at radius 1 is 0.456 bits per heavy atom. The number of hydrogen-bond acceptors (Lipinski definition) is 9. The summed E-state index contributed by atoms with van der Waals surface area (Å²) >= 11 is 0. The molecule has 0 amide bonds. The average molecular weight is 1140 g/mol. The van der Waals surface area contributed by atoms with Crippen molar-refractivity contribution in [2.24, 2.45) is 5.92 Å². The maximum atomic E-state index is 14.9. The van der Waals surface area contributed by atoms with Gasteiger partial charge in [-0.25, -0.2) is 4.79 Å². The first-order chi connectivity index (χ1) is 36.7. The Morgan fingerprint density at radius 3 is 1.24 bits per heavy atom. The molecule has 11 nitrogen and oxygen atoms in total. The van der Waals surface area contributed by atoms with Crippen LogP contribution in [0, 0.1) is 5.92 Å².